The van der Waals surface area contributed by atoms with Crippen LogP contribution in [0.5, 0.6) is 11.5 Å². The summed E-state index contributed by atoms with van der Waals surface area (Å²) in [7, 11) is -9.73. The van der Waals surface area contributed by atoms with Crippen LogP contribution in [-0.2, 0) is 20.2 Å². The second kappa shape index (κ2) is 12.5. The van der Waals surface area contributed by atoms with Crippen molar-refractivity contribution in [2.24, 2.45) is 20.5 Å². The number of anilines is 2. The number of nitrogens with zero attached hydrogens (tertiary/aromatic N) is 4. The summed E-state index contributed by atoms with van der Waals surface area (Å²) in [6.07, 6.45) is 0. The van der Waals surface area contributed by atoms with Gasteiger partial charge in [-0.2, -0.15) is 27.1 Å². The number of phenolic OH excluding ortho intramolecular Hbond substituents is 2. The van der Waals surface area contributed by atoms with Gasteiger partial charge in [0.1, 0.15) is 16.3 Å². The number of aromatic hydroxyl groups is 2. The molecule has 0 aliphatic rings. The van der Waals surface area contributed by atoms with Crippen molar-refractivity contribution in [3.05, 3.63) is 96.1 Å². The Morgan fingerprint density at radius 3 is 1.70 bits per heavy atom. The van der Waals surface area contributed by atoms with Gasteiger partial charge in [0, 0.05) is 22.1 Å². The fourth-order valence-electron chi connectivity index (χ4n) is 5.50. The van der Waals surface area contributed by atoms with Crippen LogP contribution in [0.3, 0.4) is 0 Å². The number of hydrogen-bond donors (Lipinski definition) is 6. The highest BCUT2D eigenvalue weighted by atomic mass is 32.2. The van der Waals surface area contributed by atoms with Crippen LogP contribution in [0.15, 0.2) is 115 Å². The van der Waals surface area contributed by atoms with E-state index in [0.29, 0.717) is 28.0 Å². The second-order valence-electron chi connectivity index (χ2n) is 11.4. The molecule has 8 N–H and O–H groups in total. The fourth-order valence-corrected chi connectivity index (χ4v) is 6.71. The van der Waals surface area contributed by atoms with E-state index in [0.717, 1.165) is 40.3 Å². The lowest BCUT2D eigenvalue weighted by Gasteiger charge is -2.12. The number of aryl methyl sites for hydroxylation is 2. The Morgan fingerprint density at radius 1 is 0.560 bits per heavy atom. The van der Waals surface area contributed by atoms with Crippen molar-refractivity contribution in [2.75, 3.05) is 11.5 Å². The highest BCUT2D eigenvalue weighted by molar-refractivity contribution is 7.86. The third-order valence-corrected chi connectivity index (χ3v) is 9.71. The van der Waals surface area contributed by atoms with Gasteiger partial charge in [-0.3, -0.25) is 9.11 Å². The highest BCUT2D eigenvalue weighted by Gasteiger charge is 2.25. The number of rotatable bonds is 7. The van der Waals surface area contributed by atoms with Crippen LogP contribution in [0.25, 0.3) is 32.7 Å². The average Bonchev–Trinajstić information content (AvgIpc) is 3.03. The smallest absolute Gasteiger partial charge is 0.296 e. The van der Waals surface area contributed by atoms with Crippen molar-refractivity contribution in [2.45, 2.75) is 23.6 Å². The molecular weight excluding hydrogens is 685 g/mol. The quantitative estimate of drug-likeness (QED) is 0.0526. The molecule has 0 aliphatic carbocycles. The largest absolute Gasteiger partial charge is 0.505 e. The lowest BCUT2D eigenvalue weighted by molar-refractivity contribution is 0.472. The molecule has 0 aromatic heterocycles. The number of nitrogen functional groups attached to an aromatic ring is 2. The molecule has 16 heteroatoms. The topological polar surface area (TPSA) is 251 Å². The molecule has 6 rings (SSSR count). The van der Waals surface area contributed by atoms with E-state index in [2.05, 4.69) is 20.5 Å². The number of hydrogen-bond acceptors (Lipinski definition) is 12. The van der Waals surface area contributed by atoms with E-state index in [1.54, 1.807) is 49.4 Å². The summed E-state index contributed by atoms with van der Waals surface area (Å²) < 4.78 is 67.1. The molecule has 0 saturated heterocycles. The summed E-state index contributed by atoms with van der Waals surface area (Å²) in [5.74, 6) is -0.838. The maximum atomic E-state index is 12.3. The van der Waals surface area contributed by atoms with Crippen LogP contribution >= 0.6 is 0 Å². The third-order valence-electron chi connectivity index (χ3n) is 8.01. The Morgan fingerprint density at radius 2 is 1.12 bits per heavy atom. The first-order valence-corrected chi connectivity index (χ1v) is 17.5. The van der Waals surface area contributed by atoms with Crippen LogP contribution < -0.4 is 11.5 Å². The van der Waals surface area contributed by atoms with Crippen molar-refractivity contribution in [3.8, 4) is 22.6 Å². The van der Waals surface area contributed by atoms with Gasteiger partial charge < -0.3 is 21.7 Å². The summed E-state index contributed by atoms with van der Waals surface area (Å²) in [6.45, 7) is 3.61. The first-order chi connectivity index (χ1) is 23.5. The summed E-state index contributed by atoms with van der Waals surface area (Å²) in [5.41, 5.74) is 15.7. The minimum atomic E-state index is -5.00. The molecule has 0 saturated carbocycles. The molecule has 0 heterocycles. The summed E-state index contributed by atoms with van der Waals surface area (Å²) in [6, 6.07) is 22.2. The van der Waals surface area contributed by atoms with Crippen LogP contribution in [-0.4, -0.2) is 36.2 Å². The molecule has 6 aromatic rings. The van der Waals surface area contributed by atoms with E-state index < -0.39 is 41.5 Å². The zero-order valence-electron chi connectivity index (χ0n) is 26.3. The van der Waals surface area contributed by atoms with Gasteiger partial charge in [-0.1, -0.05) is 30.3 Å². The molecular formula is C34H28N6O8S2. The molecule has 0 unspecified atom stereocenters. The van der Waals surface area contributed by atoms with E-state index in [1.165, 1.54) is 0 Å². The SMILES string of the molecule is Cc1cc(-c2ccc(N=Nc3c(S(=O)(=O)O)cc4cc(S(=O)(=O)O)cc(N)c4c3O)c(C)c2)ccc1N=Nc1ccc2cccc(N)c2c1O. The van der Waals surface area contributed by atoms with Crippen molar-refractivity contribution in [1.29, 1.82) is 0 Å². The summed E-state index contributed by atoms with van der Waals surface area (Å²) in [5, 5.41) is 39.3. The Hall–Kier alpha value is -5.94. The minimum Gasteiger partial charge on any atom is -0.505 e. The van der Waals surface area contributed by atoms with E-state index in [1.807, 2.05) is 31.2 Å². The Bertz CT molecular complexity index is 2680. The standard InChI is InChI=1S/C34H28N6O8S2/c1-17-12-20(7-9-26(17)37-39-28-11-6-19-4-3-5-24(35)30(19)33(28)41)21-8-10-27(18(2)13-21)38-40-32-29(50(46,47)48)15-22-14-23(49(43,44)45)16-25(36)31(22)34(32)42/h3-16,41-42H,35-36H2,1-2H3,(H,43,44,45)(H,46,47,48). The maximum Gasteiger partial charge on any atom is 0.296 e. The van der Waals surface area contributed by atoms with Gasteiger partial charge >= 0.3 is 0 Å². The Labute approximate surface area is 285 Å². The predicted octanol–water partition coefficient (Wildman–Crippen LogP) is 8.18. The first-order valence-electron chi connectivity index (χ1n) is 14.6. The maximum absolute atomic E-state index is 12.3. The number of fused-ring (bicyclic) bond motifs is 2. The molecule has 0 radical (unpaired) electrons. The van der Waals surface area contributed by atoms with E-state index in [-0.39, 0.29) is 27.9 Å². The van der Waals surface area contributed by atoms with E-state index in [9.17, 15) is 36.2 Å². The molecule has 0 atom stereocenters. The lowest BCUT2D eigenvalue weighted by atomic mass is 10.0. The summed E-state index contributed by atoms with van der Waals surface area (Å²) >= 11 is 0. The zero-order chi connectivity index (χ0) is 36.1. The molecule has 0 aliphatic heterocycles. The minimum absolute atomic E-state index is 0.0604. The number of azo groups is 2. The molecule has 0 bridgehead atoms. The van der Waals surface area contributed by atoms with Gasteiger partial charge in [-0.15, -0.1) is 10.2 Å². The van der Waals surface area contributed by atoms with Gasteiger partial charge in [0.2, 0.25) is 0 Å². The van der Waals surface area contributed by atoms with Crippen LogP contribution in [0, 0.1) is 13.8 Å². The first kappa shape index (κ1) is 33.9. The number of nitrogens with two attached hydrogens (primary N) is 2. The third kappa shape index (κ3) is 6.42. The molecule has 0 amide bonds. The predicted molar refractivity (Wildman–Crippen MR) is 189 cm³/mol. The number of phenols is 2. The molecule has 50 heavy (non-hydrogen) atoms. The molecule has 14 nitrogen and oxygen atoms in total. The van der Waals surface area contributed by atoms with Crippen molar-refractivity contribution >= 4 is 75.9 Å². The van der Waals surface area contributed by atoms with Gasteiger partial charge in [0.25, 0.3) is 20.2 Å². The van der Waals surface area contributed by atoms with Crippen molar-refractivity contribution in [1.82, 2.24) is 0 Å². The van der Waals surface area contributed by atoms with Crippen LogP contribution in [0.4, 0.5) is 34.1 Å². The number of benzene rings is 6. The van der Waals surface area contributed by atoms with Crippen LogP contribution in [0.2, 0.25) is 0 Å². The van der Waals surface area contributed by atoms with Gasteiger partial charge in [-0.05, 0) is 101 Å². The highest BCUT2D eigenvalue weighted by Crippen LogP contribution is 2.45. The van der Waals surface area contributed by atoms with E-state index in [4.69, 9.17) is 11.5 Å². The molecule has 254 valence electrons. The normalized spacial score (nSPS) is 12.5. The second-order valence-corrected chi connectivity index (χ2v) is 14.2. The van der Waals surface area contributed by atoms with E-state index >= 15 is 0 Å². The molecule has 0 fully saturated rings. The molecule has 0 spiro atoms. The Balaban J connectivity index is 1.30. The van der Waals surface area contributed by atoms with Gasteiger partial charge in [-0.25, -0.2) is 0 Å². The average molecular weight is 713 g/mol. The Kier molecular flexibility index (Phi) is 8.49. The zero-order valence-corrected chi connectivity index (χ0v) is 27.9. The van der Waals surface area contributed by atoms with Crippen LogP contribution in [0.1, 0.15) is 11.1 Å². The summed E-state index contributed by atoms with van der Waals surface area (Å²) in [4.78, 5) is -1.50. The van der Waals surface area contributed by atoms with Gasteiger partial charge in [0.05, 0.1) is 16.3 Å². The lowest BCUT2D eigenvalue weighted by Crippen LogP contribution is -2.02. The van der Waals surface area contributed by atoms with Crippen molar-refractivity contribution < 1.29 is 36.2 Å². The molecule has 6 aromatic carbocycles. The van der Waals surface area contributed by atoms with Crippen molar-refractivity contribution in [3.63, 3.8) is 0 Å². The van der Waals surface area contributed by atoms with Gasteiger partial charge in [0.15, 0.2) is 11.5 Å². The fraction of sp³-hybridized carbons (Fsp3) is 0.0588. The monoisotopic (exact) mass is 712 g/mol.